The highest BCUT2D eigenvalue weighted by Gasteiger charge is 2.40. The Balaban J connectivity index is 2.99. The summed E-state index contributed by atoms with van der Waals surface area (Å²) in [6, 6.07) is 5.00. The summed E-state index contributed by atoms with van der Waals surface area (Å²) in [5.74, 6) is -1.94. The minimum absolute atomic E-state index is 0.0310. The molecule has 0 saturated heterocycles. The molecule has 1 rings (SSSR count). The highest BCUT2D eigenvalue weighted by molar-refractivity contribution is 5.30. The van der Waals surface area contributed by atoms with Gasteiger partial charge in [-0.2, -0.15) is 13.2 Å². The first-order chi connectivity index (χ1) is 6.95. The number of hydrogen-bond acceptors (Lipinski definition) is 2. The molecule has 0 radical (unpaired) electrons. The number of halogens is 3. The van der Waals surface area contributed by atoms with Crippen molar-refractivity contribution < 1.29 is 23.4 Å². The van der Waals surface area contributed by atoms with Crippen molar-refractivity contribution in [1.82, 2.24) is 0 Å². The predicted octanol–water partition coefficient (Wildman–Crippen LogP) is 2.42. The van der Waals surface area contributed by atoms with E-state index in [-0.39, 0.29) is 11.3 Å². The van der Waals surface area contributed by atoms with E-state index in [0.29, 0.717) is 0 Å². The Bertz CT molecular complexity index is 323. The summed E-state index contributed by atoms with van der Waals surface area (Å²) < 4.78 is 37.6. The molecule has 0 heterocycles. The van der Waals surface area contributed by atoms with E-state index in [1.165, 1.54) is 18.2 Å². The number of hydrogen-bond donors (Lipinski definition) is 2. The molecule has 1 aromatic carbocycles. The lowest BCUT2D eigenvalue weighted by atomic mass is 9.95. The number of benzene rings is 1. The Morgan fingerprint density at radius 3 is 2.40 bits per heavy atom. The number of alkyl halides is 3. The lowest BCUT2D eigenvalue weighted by molar-refractivity contribution is -0.153. The zero-order valence-corrected chi connectivity index (χ0v) is 7.83. The summed E-state index contributed by atoms with van der Waals surface area (Å²) >= 11 is 0. The summed E-state index contributed by atoms with van der Waals surface area (Å²) in [4.78, 5) is 0. The lowest BCUT2D eigenvalue weighted by Gasteiger charge is -2.19. The van der Waals surface area contributed by atoms with Crippen LogP contribution in [0.3, 0.4) is 0 Å². The second kappa shape index (κ2) is 4.53. The minimum Gasteiger partial charge on any atom is -0.508 e. The van der Waals surface area contributed by atoms with Crippen molar-refractivity contribution in [3.8, 4) is 5.75 Å². The number of phenolic OH excluding ortho intramolecular Hbond substituents is 1. The Morgan fingerprint density at radius 1 is 1.27 bits per heavy atom. The molecule has 0 bridgehead atoms. The molecule has 0 aliphatic heterocycles. The van der Waals surface area contributed by atoms with Crippen LogP contribution in [-0.2, 0) is 0 Å². The molecule has 0 fully saturated rings. The van der Waals surface area contributed by atoms with Crippen LogP contribution in [0.4, 0.5) is 13.2 Å². The Morgan fingerprint density at radius 2 is 1.93 bits per heavy atom. The highest BCUT2D eigenvalue weighted by atomic mass is 19.4. The van der Waals surface area contributed by atoms with Gasteiger partial charge in [-0.1, -0.05) is 12.1 Å². The Labute approximate surface area is 85.0 Å². The maximum Gasteiger partial charge on any atom is 0.395 e. The van der Waals surface area contributed by atoms with Crippen molar-refractivity contribution in [2.45, 2.75) is 18.5 Å². The normalized spacial score (nSPS) is 13.9. The summed E-state index contributed by atoms with van der Waals surface area (Å²) in [6.07, 6.45) is -4.80. The smallest absolute Gasteiger partial charge is 0.395 e. The molecule has 0 saturated carbocycles. The van der Waals surface area contributed by atoms with Crippen LogP contribution in [0.5, 0.6) is 5.75 Å². The Hall–Kier alpha value is -1.23. The van der Waals surface area contributed by atoms with E-state index >= 15 is 0 Å². The predicted molar refractivity (Wildman–Crippen MR) is 48.6 cm³/mol. The maximum atomic E-state index is 12.5. The molecule has 0 aromatic heterocycles. The molecule has 1 atom stereocenters. The van der Waals surface area contributed by atoms with Crippen molar-refractivity contribution in [2.24, 2.45) is 0 Å². The van der Waals surface area contributed by atoms with Crippen molar-refractivity contribution in [3.05, 3.63) is 29.8 Å². The van der Waals surface area contributed by atoms with Gasteiger partial charge in [-0.15, -0.1) is 0 Å². The van der Waals surface area contributed by atoms with E-state index in [1.807, 2.05) is 0 Å². The number of aromatic hydroxyl groups is 1. The zero-order valence-electron chi connectivity index (χ0n) is 7.83. The van der Waals surface area contributed by atoms with Gasteiger partial charge in [0.25, 0.3) is 0 Å². The second-order valence-electron chi connectivity index (χ2n) is 3.20. The average molecular weight is 220 g/mol. The molecule has 1 aromatic rings. The van der Waals surface area contributed by atoms with E-state index < -0.39 is 25.1 Å². The molecule has 2 N–H and O–H groups in total. The first-order valence-electron chi connectivity index (χ1n) is 4.41. The molecule has 0 aliphatic carbocycles. The summed E-state index contributed by atoms with van der Waals surface area (Å²) in [7, 11) is 0. The molecular weight excluding hydrogens is 209 g/mol. The zero-order chi connectivity index (χ0) is 11.5. The lowest BCUT2D eigenvalue weighted by Crippen LogP contribution is -2.21. The highest BCUT2D eigenvalue weighted by Crippen LogP contribution is 2.37. The SMILES string of the molecule is OCCC(c1cccc(O)c1)C(F)(F)F. The summed E-state index contributed by atoms with van der Waals surface area (Å²) in [5.41, 5.74) is -0.0310. The van der Waals surface area contributed by atoms with Crippen molar-refractivity contribution in [1.29, 1.82) is 0 Å². The minimum atomic E-state index is -4.41. The third-order valence-electron chi connectivity index (χ3n) is 2.09. The van der Waals surface area contributed by atoms with Gasteiger partial charge in [0.1, 0.15) is 5.75 Å². The molecule has 0 aliphatic rings. The quantitative estimate of drug-likeness (QED) is 0.821. The molecule has 0 spiro atoms. The monoisotopic (exact) mass is 220 g/mol. The largest absolute Gasteiger partial charge is 0.508 e. The fourth-order valence-electron chi connectivity index (χ4n) is 1.39. The van der Waals surface area contributed by atoms with E-state index in [0.717, 1.165) is 6.07 Å². The molecule has 84 valence electrons. The Kier molecular flexibility index (Phi) is 3.57. The van der Waals surface area contributed by atoms with Crippen LogP contribution in [0.2, 0.25) is 0 Å². The van der Waals surface area contributed by atoms with Crippen LogP contribution in [0.1, 0.15) is 17.9 Å². The van der Waals surface area contributed by atoms with Gasteiger partial charge in [-0.05, 0) is 24.1 Å². The van der Waals surface area contributed by atoms with Gasteiger partial charge in [0.05, 0.1) is 5.92 Å². The third kappa shape index (κ3) is 3.13. The first-order valence-corrected chi connectivity index (χ1v) is 4.41. The van der Waals surface area contributed by atoms with Crippen LogP contribution < -0.4 is 0 Å². The van der Waals surface area contributed by atoms with Crippen molar-refractivity contribution in [2.75, 3.05) is 6.61 Å². The van der Waals surface area contributed by atoms with Crippen LogP contribution >= 0.6 is 0 Å². The van der Waals surface area contributed by atoms with Gasteiger partial charge in [0.2, 0.25) is 0 Å². The molecule has 5 heteroatoms. The number of aliphatic hydroxyl groups is 1. The average Bonchev–Trinajstić information content (AvgIpc) is 2.12. The molecule has 1 unspecified atom stereocenters. The van der Waals surface area contributed by atoms with Crippen molar-refractivity contribution >= 4 is 0 Å². The third-order valence-corrected chi connectivity index (χ3v) is 2.09. The van der Waals surface area contributed by atoms with Crippen LogP contribution in [0, 0.1) is 0 Å². The topological polar surface area (TPSA) is 40.5 Å². The van der Waals surface area contributed by atoms with Crippen LogP contribution in [0.15, 0.2) is 24.3 Å². The second-order valence-corrected chi connectivity index (χ2v) is 3.20. The van der Waals surface area contributed by atoms with Crippen molar-refractivity contribution in [3.63, 3.8) is 0 Å². The van der Waals surface area contributed by atoms with Gasteiger partial charge < -0.3 is 10.2 Å². The van der Waals surface area contributed by atoms with Gasteiger partial charge in [-0.3, -0.25) is 0 Å². The summed E-state index contributed by atoms with van der Waals surface area (Å²) in [6.45, 7) is -0.542. The van der Waals surface area contributed by atoms with Crippen LogP contribution in [-0.4, -0.2) is 23.0 Å². The number of rotatable bonds is 3. The van der Waals surface area contributed by atoms with E-state index in [4.69, 9.17) is 10.2 Å². The maximum absolute atomic E-state index is 12.5. The first kappa shape index (κ1) is 11.8. The number of phenols is 1. The van der Waals surface area contributed by atoms with Gasteiger partial charge in [0, 0.05) is 6.61 Å². The molecule has 0 amide bonds. The fourth-order valence-corrected chi connectivity index (χ4v) is 1.39. The van der Waals surface area contributed by atoms with E-state index in [1.54, 1.807) is 0 Å². The summed E-state index contributed by atoms with van der Waals surface area (Å²) in [5, 5.41) is 17.6. The van der Waals surface area contributed by atoms with Gasteiger partial charge in [0.15, 0.2) is 0 Å². The van der Waals surface area contributed by atoms with Gasteiger partial charge >= 0.3 is 6.18 Å². The molecule has 2 nitrogen and oxygen atoms in total. The number of aliphatic hydroxyl groups excluding tert-OH is 1. The van der Waals surface area contributed by atoms with Gasteiger partial charge in [-0.25, -0.2) is 0 Å². The fraction of sp³-hybridized carbons (Fsp3) is 0.400. The molecular formula is C10H11F3O2. The van der Waals surface area contributed by atoms with E-state index in [2.05, 4.69) is 0 Å². The van der Waals surface area contributed by atoms with Crippen LogP contribution in [0.25, 0.3) is 0 Å². The molecule has 15 heavy (non-hydrogen) atoms. The standard InChI is InChI=1S/C10H11F3O2/c11-10(12,13)9(4-5-14)7-2-1-3-8(15)6-7/h1-3,6,9,14-15H,4-5H2. The van der Waals surface area contributed by atoms with E-state index in [9.17, 15) is 13.2 Å².